The first kappa shape index (κ1) is 26.6. The van der Waals surface area contributed by atoms with Gasteiger partial charge in [0.05, 0.1) is 0 Å². The fraction of sp³-hybridized carbons (Fsp3) is 0.0909. The predicted octanol–water partition coefficient (Wildman–Crippen LogP) is 0.586. The Morgan fingerprint density at radius 2 is 1.36 bits per heavy atom. The molecule has 3 heteroatoms. The molecule has 0 saturated heterocycles. The largest absolute Gasteiger partial charge is 1.00 e. The smallest absolute Gasteiger partial charge is 1.00 e. The molecule has 0 atom stereocenters. The SMILES string of the molecule is Cc1ccc2c(c1)[C]([Hf+2])=c1c-2cc(=C(c2ccccc2)c2ccccc2)c(C)c1C1=CC=CC1.[Cl-].[Cl-]. The first-order valence-corrected chi connectivity index (χ1v) is 13.7. The minimum Gasteiger partial charge on any atom is -1.00 e. The van der Waals surface area contributed by atoms with E-state index in [1.165, 1.54) is 69.4 Å². The third-order valence-electron chi connectivity index (χ3n) is 7.06. The summed E-state index contributed by atoms with van der Waals surface area (Å²) in [5.74, 6) is 0. The van der Waals surface area contributed by atoms with E-state index >= 15 is 0 Å². The van der Waals surface area contributed by atoms with Crippen LogP contribution in [-0.4, -0.2) is 0 Å². The Labute approximate surface area is 240 Å². The maximum atomic E-state index is 2.48. The van der Waals surface area contributed by atoms with Crippen molar-refractivity contribution in [2.24, 2.45) is 0 Å². The summed E-state index contributed by atoms with van der Waals surface area (Å²) in [7, 11) is 0. The molecular weight excluding hydrogens is 646 g/mol. The van der Waals surface area contributed by atoms with Crippen LogP contribution in [0.3, 0.4) is 0 Å². The zero-order valence-electron chi connectivity index (χ0n) is 20.3. The summed E-state index contributed by atoms with van der Waals surface area (Å²) in [5.41, 5.74) is 13.7. The number of halogens is 2. The van der Waals surface area contributed by atoms with Crippen molar-refractivity contribution < 1.29 is 49.2 Å². The van der Waals surface area contributed by atoms with Crippen LogP contribution in [0.2, 0.25) is 0 Å². The monoisotopic (exact) mass is 671 g/mol. The fourth-order valence-corrected chi connectivity index (χ4v) is 7.15. The molecule has 2 aliphatic rings. The average molecular weight is 671 g/mol. The number of allylic oxidation sites excluding steroid dienone is 4. The number of fused-ring (bicyclic) bond motifs is 3. The molecule has 0 bridgehead atoms. The maximum Gasteiger partial charge on any atom is -1.00 e. The quantitative estimate of drug-likeness (QED) is 0.280. The second-order valence-corrected chi connectivity index (χ2v) is 11.0. The van der Waals surface area contributed by atoms with E-state index in [2.05, 4.69) is 117 Å². The maximum absolute atomic E-state index is 2.48. The van der Waals surface area contributed by atoms with Crippen molar-refractivity contribution in [3.05, 3.63) is 147 Å². The standard InChI is InChI=1S/C33H25.2ClH.Hf/c1-22-17-18-28-27(19-22)20-31-30(28)21-29(23(2)32(31)24-15-9-10-16-24)33(25-11-5-3-6-12-25)26-13-7-4-8-14-26;;;/h3-15,17-19,21H,16H2,1-2H3;2*1H;/q;;;+2/p-2. The van der Waals surface area contributed by atoms with Crippen molar-refractivity contribution in [3.8, 4) is 11.1 Å². The topological polar surface area (TPSA) is 0 Å². The van der Waals surface area contributed by atoms with E-state index in [0.29, 0.717) is 0 Å². The van der Waals surface area contributed by atoms with Crippen LogP contribution in [0, 0.1) is 13.8 Å². The van der Waals surface area contributed by atoms with Crippen molar-refractivity contribution in [1.29, 1.82) is 0 Å². The van der Waals surface area contributed by atoms with Gasteiger partial charge < -0.3 is 24.8 Å². The number of rotatable bonds is 3. The minimum absolute atomic E-state index is 0. The van der Waals surface area contributed by atoms with Gasteiger partial charge in [0.15, 0.2) is 0 Å². The first-order chi connectivity index (χ1) is 16.6. The number of benzene rings is 4. The van der Waals surface area contributed by atoms with Gasteiger partial charge in [-0.3, -0.25) is 0 Å². The number of aryl methyl sites for hydroxylation is 1. The van der Waals surface area contributed by atoms with Crippen LogP contribution in [-0.2, 0) is 24.4 Å². The summed E-state index contributed by atoms with van der Waals surface area (Å²) >= 11 is 1.03. The Morgan fingerprint density at radius 3 is 1.94 bits per heavy atom. The number of hydrogen-bond acceptors (Lipinski definition) is 0. The molecule has 36 heavy (non-hydrogen) atoms. The predicted molar refractivity (Wildman–Crippen MR) is 139 cm³/mol. The van der Waals surface area contributed by atoms with Crippen LogP contribution in [0.15, 0.2) is 103 Å². The van der Waals surface area contributed by atoms with E-state index in [1.54, 1.807) is 0 Å². The molecule has 4 aromatic rings. The van der Waals surface area contributed by atoms with Gasteiger partial charge in [-0.05, 0) is 0 Å². The summed E-state index contributed by atoms with van der Waals surface area (Å²) in [6.07, 6.45) is 7.82. The van der Waals surface area contributed by atoms with Crippen molar-refractivity contribution in [2.45, 2.75) is 20.3 Å². The van der Waals surface area contributed by atoms with Crippen LogP contribution in [0.25, 0.3) is 25.6 Å². The second-order valence-electron chi connectivity index (χ2n) is 9.20. The van der Waals surface area contributed by atoms with E-state index in [9.17, 15) is 0 Å². The minimum atomic E-state index is 0. The van der Waals surface area contributed by atoms with Crippen LogP contribution in [0.1, 0.15) is 39.8 Å². The molecule has 0 heterocycles. The zero-order chi connectivity index (χ0) is 23.2. The Balaban J connectivity index is 0.00000152. The summed E-state index contributed by atoms with van der Waals surface area (Å²) in [6, 6.07) is 31.2. The Morgan fingerprint density at radius 1 is 0.722 bits per heavy atom. The molecule has 0 aromatic heterocycles. The van der Waals surface area contributed by atoms with Gasteiger partial charge in [-0.25, -0.2) is 0 Å². The van der Waals surface area contributed by atoms with E-state index < -0.39 is 0 Å². The average Bonchev–Trinajstić information content (AvgIpc) is 3.49. The Kier molecular flexibility index (Phi) is 8.05. The molecule has 0 amide bonds. The molecule has 0 nitrogen and oxygen atoms in total. The van der Waals surface area contributed by atoms with E-state index in [0.717, 1.165) is 30.8 Å². The fourth-order valence-electron chi connectivity index (χ4n) is 5.47. The van der Waals surface area contributed by atoms with Gasteiger partial charge >= 0.3 is 217 Å². The van der Waals surface area contributed by atoms with Crippen LogP contribution in [0.4, 0.5) is 0 Å². The van der Waals surface area contributed by atoms with Crippen molar-refractivity contribution in [1.82, 2.24) is 0 Å². The number of hydrogen-bond donors (Lipinski definition) is 0. The first-order valence-electron chi connectivity index (χ1n) is 11.9. The van der Waals surface area contributed by atoms with Crippen LogP contribution in [0.5, 0.6) is 0 Å². The van der Waals surface area contributed by atoms with Gasteiger partial charge in [0.2, 0.25) is 0 Å². The summed E-state index contributed by atoms with van der Waals surface area (Å²) in [5, 5.41) is 2.81. The van der Waals surface area contributed by atoms with Gasteiger partial charge in [0.25, 0.3) is 0 Å². The second kappa shape index (κ2) is 10.9. The third-order valence-corrected chi connectivity index (χ3v) is 8.92. The van der Waals surface area contributed by atoms with Crippen LogP contribution < -0.4 is 35.3 Å². The normalized spacial score (nSPS) is 12.9. The molecule has 0 spiro atoms. The van der Waals surface area contributed by atoms with Gasteiger partial charge in [0.1, 0.15) is 0 Å². The molecule has 0 radical (unpaired) electrons. The van der Waals surface area contributed by atoms with Gasteiger partial charge in [-0.2, -0.15) is 0 Å². The van der Waals surface area contributed by atoms with E-state index in [4.69, 9.17) is 0 Å². The summed E-state index contributed by atoms with van der Waals surface area (Å²) in [4.78, 5) is 0. The Bertz CT molecular complexity index is 1590. The molecule has 175 valence electrons. The molecule has 0 N–H and O–H groups in total. The molecule has 0 saturated carbocycles. The molecule has 4 aromatic carbocycles. The van der Waals surface area contributed by atoms with E-state index in [1.807, 2.05) is 0 Å². The van der Waals surface area contributed by atoms with Gasteiger partial charge in [-0.1, -0.05) is 0 Å². The summed E-state index contributed by atoms with van der Waals surface area (Å²) in [6.45, 7) is 4.54. The summed E-state index contributed by atoms with van der Waals surface area (Å²) < 4.78 is 1.53. The van der Waals surface area contributed by atoms with Crippen molar-refractivity contribution >= 4 is 14.5 Å². The van der Waals surface area contributed by atoms with Gasteiger partial charge in [-0.15, -0.1) is 0 Å². The molecule has 0 fully saturated rings. The van der Waals surface area contributed by atoms with Crippen molar-refractivity contribution in [2.75, 3.05) is 0 Å². The molecule has 2 aliphatic carbocycles. The zero-order valence-corrected chi connectivity index (χ0v) is 25.4. The third kappa shape index (κ3) is 4.43. The van der Waals surface area contributed by atoms with E-state index in [-0.39, 0.29) is 24.8 Å². The molecular formula is C33H25Cl2Hf. The van der Waals surface area contributed by atoms with Gasteiger partial charge in [0, 0.05) is 0 Å². The molecule has 0 aliphatic heterocycles. The van der Waals surface area contributed by atoms with Crippen molar-refractivity contribution in [3.63, 3.8) is 0 Å². The van der Waals surface area contributed by atoms with Crippen LogP contribution >= 0.6 is 0 Å². The molecule has 0 unspecified atom stereocenters. The Hall–Kier alpha value is -2.45. The molecule has 6 rings (SSSR count).